The van der Waals surface area contributed by atoms with Gasteiger partial charge in [0.1, 0.15) is 0 Å². The first kappa shape index (κ1) is 30.9. The predicted octanol–water partition coefficient (Wildman–Crippen LogP) is 10.4. The molecule has 10 heteroatoms. The first-order valence-corrected chi connectivity index (χ1v) is 13.8. The fraction of sp³-hybridized carbons (Fsp3) is 0.156. The van der Waals surface area contributed by atoms with Gasteiger partial charge < -0.3 is 4.74 Å². The van der Waals surface area contributed by atoms with Crippen molar-refractivity contribution in [3.05, 3.63) is 118 Å². The molecule has 0 unspecified atom stereocenters. The van der Waals surface area contributed by atoms with Crippen LogP contribution in [0.3, 0.4) is 0 Å². The van der Waals surface area contributed by atoms with Crippen molar-refractivity contribution in [1.29, 1.82) is 0 Å². The summed E-state index contributed by atoms with van der Waals surface area (Å²) in [6.07, 6.45) is 2.74. The van der Waals surface area contributed by atoms with Crippen molar-refractivity contribution in [3.63, 3.8) is 0 Å². The summed E-state index contributed by atoms with van der Waals surface area (Å²) in [6, 6.07) is 15.2. The highest BCUT2D eigenvalue weighted by Crippen LogP contribution is 2.33. The van der Waals surface area contributed by atoms with Gasteiger partial charge in [-0.25, -0.2) is 31.1 Å². The molecule has 4 aromatic rings. The Hall–Kier alpha value is -4.05. The number of hydrogen-bond donors (Lipinski definition) is 0. The van der Waals surface area contributed by atoms with E-state index in [1.165, 1.54) is 12.1 Å². The number of ether oxygens (including phenoxy) is 1. The van der Waals surface area contributed by atoms with Crippen molar-refractivity contribution in [1.82, 2.24) is 0 Å². The lowest BCUT2D eigenvalue weighted by Crippen LogP contribution is -2.12. The van der Waals surface area contributed by atoms with E-state index in [2.05, 4.69) is 4.74 Å². The van der Waals surface area contributed by atoms with Crippen LogP contribution in [-0.4, -0.2) is 11.7 Å². The van der Waals surface area contributed by atoms with E-state index < -0.39 is 57.4 Å². The SMILES string of the molecule is CCCCCS/C(F)=C(\F)c1ccc(-c2ccc(-c3cc(F)c(OC(=O)c4cc(F)c(F)c(F)c4)c(F)c3)cc2)cc1. The highest BCUT2D eigenvalue weighted by Gasteiger charge is 2.21. The van der Waals surface area contributed by atoms with Gasteiger partial charge in [0.05, 0.1) is 5.56 Å². The Labute approximate surface area is 241 Å². The molecule has 0 radical (unpaired) electrons. The molecule has 0 heterocycles. The summed E-state index contributed by atoms with van der Waals surface area (Å²) >= 11 is 0.846. The topological polar surface area (TPSA) is 26.3 Å². The predicted molar refractivity (Wildman–Crippen MR) is 150 cm³/mol. The zero-order valence-electron chi connectivity index (χ0n) is 22.1. The standard InChI is InChI=1S/C32H23F7O2S/c1-2-3-4-13-42-31(39)28(37)21-11-9-19(10-12-21)18-5-7-20(8-6-18)22-14-26(35)30(27(36)15-22)41-32(40)23-16-24(33)29(38)25(34)17-23/h5-12,14-17H,2-4,13H2,1H3/b31-28-. The van der Waals surface area contributed by atoms with Crippen LogP contribution < -0.4 is 4.74 Å². The van der Waals surface area contributed by atoms with Gasteiger partial charge in [0.25, 0.3) is 0 Å². The molecule has 42 heavy (non-hydrogen) atoms. The highest BCUT2D eigenvalue weighted by atomic mass is 32.2. The molecular weight excluding hydrogens is 581 g/mol. The molecule has 4 aromatic carbocycles. The van der Waals surface area contributed by atoms with Crippen molar-refractivity contribution in [2.24, 2.45) is 0 Å². The Morgan fingerprint density at radius 2 is 1.17 bits per heavy atom. The third kappa shape index (κ3) is 7.23. The first-order chi connectivity index (χ1) is 20.1. The van der Waals surface area contributed by atoms with Crippen molar-refractivity contribution in [3.8, 4) is 28.0 Å². The van der Waals surface area contributed by atoms with Crippen LogP contribution in [-0.2, 0) is 0 Å². The Morgan fingerprint density at radius 3 is 1.69 bits per heavy atom. The Morgan fingerprint density at radius 1 is 0.667 bits per heavy atom. The van der Waals surface area contributed by atoms with Gasteiger partial charge >= 0.3 is 5.97 Å². The van der Waals surface area contributed by atoms with Crippen molar-refractivity contribution >= 4 is 23.6 Å². The summed E-state index contributed by atoms with van der Waals surface area (Å²) in [5.74, 6) is -10.7. The fourth-order valence-corrected chi connectivity index (χ4v) is 4.78. The van der Waals surface area contributed by atoms with Gasteiger partial charge in [-0.1, -0.05) is 80.1 Å². The number of rotatable bonds is 10. The summed E-state index contributed by atoms with van der Waals surface area (Å²) in [4.78, 5) is 12.2. The summed E-state index contributed by atoms with van der Waals surface area (Å²) in [6.45, 7) is 2.03. The van der Waals surface area contributed by atoms with Crippen LogP contribution in [0.5, 0.6) is 5.75 Å². The molecule has 0 aliphatic rings. The molecule has 218 valence electrons. The molecule has 0 saturated carbocycles. The molecule has 4 rings (SSSR count). The van der Waals surface area contributed by atoms with E-state index in [1.54, 1.807) is 36.4 Å². The Kier molecular flexibility index (Phi) is 10.1. The van der Waals surface area contributed by atoms with E-state index in [9.17, 15) is 35.5 Å². The normalized spacial score (nSPS) is 11.8. The molecule has 0 atom stereocenters. The second-order valence-corrected chi connectivity index (χ2v) is 10.3. The third-order valence-corrected chi connectivity index (χ3v) is 7.18. The minimum Gasteiger partial charge on any atom is -0.417 e. The summed E-state index contributed by atoms with van der Waals surface area (Å²) in [5, 5.41) is -0.860. The maximum absolute atomic E-state index is 14.7. The molecular formula is C32H23F7O2S. The molecule has 0 amide bonds. The van der Waals surface area contributed by atoms with Gasteiger partial charge in [-0.15, -0.1) is 0 Å². The van der Waals surface area contributed by atoms with Gasteiger partial charge in [0.2, 0.25) is 5.75 Å². The second kappa shape index (κ2) is 13.7. The van der Waals surface area contributed by atoms with Crippen LogP contribution in [0.15, 0.2) is 78.0 Å². The number of unbranched alkanes of at least 4 members (excludes halogenated alkanes) is 2. The van der Waals surface area contributed by atoms with E-state index in [4.69, 9.17) is 0 Å². The van der Waals surface area contributed by atoms with Crippen LogP contribution in [0.25, 0.3) is 28.1 Å². The van der Waals surface area contributed by atoms with Gasteiger partial charge in [-0.05, 0) is 52.9 Å². The minimum absolute atomic E-state index is 0.102. The van der Waals surface area contributed by atoms with Crippen LogP contribution in [0, 0.1) is 29.1 Å². The van der Waals surface area contributed by atoms with Gasteiger partial charge in [-0.3, -0.25) is 0 Å². The maximum atomic E-state index is 14.7. The number of carbonyl (C=O) groups excluding carboxylic acids is 1. The average Bonchev–Trinajstić information content (AvgIpc) is 2.99. The lowest BCUT2D eigenvalue weighted by molar-refractivity contribution is 0.0719. The van der Waals surface area contributed by atoms with E-state index in [1.807, 2.05) is 6.92 Å². The smallest absolute Gasteiger partial charge is 0.343 e. The summed E-state index contributed by atoms with van der Waals surface area (Å²) < 4.78 is 103. The van der Waals surface area contributed by atoms with Crippen molar-refractivity contribution in [2.45, 2.75) is 26.2 Å². The molecule has 0 aromatic heterocycles. The summed E-state index contributed by atoms with van der Waals surface area (Å²) in [7, 11) is 0. The molecule has 0 fully saturated rings. The zero-order chi connectivity index (χ0) is 30.4. The monoisotopic (exact) mass is 604 g/mol. The number of halogens is 7. The maximum Gasteiger partial charge on any atom is 0.343 e. The molecule has 0 N–H and O–H groups in total. The number of esters is 1. The number of benzene rings is 4. The van der Waals surface area contributed by atoms with E-state index in [0.29, 0.717) is 34.6 Å². The lowest BCUT2D eigenvalue weighted by atomic mass is 9.99. The number of carbonyl (C=O) groups is 1. The van der Waals surface area contributed by atoms with Gasteiger partial charge in [0.15, 0.2) is 40.1 Å². The van der Waals surface area contributed by atoms with Crippen LogP contribution in [0.4, 0.5) is 30.7 Å². The average molecular weight is 605 g/mol. The zero-order valence-corrected chi connectivity index (χ0v) is 22.9. The van der Waals surface area contributed by atoms with Crippen LogP contribution in [0.2, 0.25) is 0 Å². The van der Waals surface area contributed by atoms with Gasteiger partial charge in [0, 0.05) is 11.3 Å². The van der Waals surface area contributed by atoms with Crippen molar-refractivity contribution in [2.75, 3.05) is 5.75 Å². The number of thioether (sulfide) groups is 1. The summed E-state index contributed by atoms with van der Waals surface area (Å²) in [5.41, 5.74) is 1.24. The highest BCUT2D eigenvalue weighted by molar-refractivity contribution is 8.03. The molecule has 0 aliphatic carbocycles. The quantitative estimate of drug-likeness (QED) is 0.0592. The first-order valence-electron chi connectivity index (χ1n) is 12.8. The molecule has 0 spiro atoms. The van der Waals surface area contributed by atoms with E-state index in [0.717, 1.165) is 43.2 Å². The third-order valence-electron chi connectivity index (χ3n) is 6.25. The number of hydrogen-bond acceptors (Lipinski definition) is 3. The minimum atomic E-state index is -1.81. The van der Waals surface area contributed by atoms with Gasteiger partial charge in [-0.2, -0.15) is 4.39 Å². The van der Waals surface area contributed by atoms with Crippen LogP contribution >= 0.6 is 11.8 Å². The van der Waals surface area contributed by atoms with E-state index >= 15 is 0 Å². The molecule has 0 aliphatic heterocycles. The van der Waals surface area contributed by atoms with Crippen LogP contribution in [0.1, 0.15) is 42.1 Å². The fourth-order valence-electron chi connectivity index (χ4n) is 4.00. The molecule has 2 nitrogen and oxygen atoms in total. The largest absolute Gasteiger partial charge is 0.417 e. The molecule has 0 saturated heterocycles. The Bertz CT molecular complexity index is 1570. The lowest BCUT2D eigenvalue weighted by Gasteiger charge is -2.10. The van der Waals surface area contributed by atoms with E-state index in [-0.39, 0.29) is 11.1 Å². The Balaban J connectivity index is 1.47. The second-order valence-electron chi connectivity index (χ2n) is 9.21. The van der Waals surface area contributed by atoms with Crippen molar-refractivity contribution < 1.29 is 40.3 Å². The molecule has 0 bridgehead atoms.